The van der Waals surface area contributed by atoms with Crippen LogP contribution in [0.3, 0.4) is 0 Å². The van der Waals surface area contributed by atoms with Crippen LogP contribution in [0.25, 0.3) is 60.9 Å². The Labute approximate surface area is 310 Å². The van der Waals surface area contributed by atoms with Crippen LogP contribution in [-0.2, 0) is 5.41 Å². The van der Waals surface area contributed by atoms with Gasteiger partial charge in [-0.1, -0.05) is 147 Å². The van der Waals surface area contributed by atoms with Gasteiger partial charge in [0.2, 0.25) is 0 Å². The first-order chi connectivity index (χ1) is 26.1. The second kappa shape index (κ2) is 12.3. The predicted molar refractivity (Wildman–Crippen MR) is 224 cm³/mol. The average molecular weight is 679 g/mol. The zero-order chi connectivity index (χ0) is 35.5. The van der Waals surface area contributed by atoms with Crippen LogP contribution in [0.5, 0.6) is 0 Å². The molecule has 0 N–H and O–H groups in total. The van der Waals surface area contributed by atoms with E-state index in [1.165, 1.54) is 72.0 Å². The Kier molecular flexibility index (Phi) is 7.19. The molecule has 0 bridgehead atoms. The molecule has 0 amide bonds. The summed E-state index contributed by atoms with van der Waals surface area (Å²) in [5, 5.41) is 2.46. The first-order valence-electron chi connectivity index (χ1n) is 18.4. The third kappa shape index (κ3) is 5.02. The number of aromatic nitrogens is 1. The first-order valence-corrected chi connectivity index (χ1v) is 18.4. The van der Waals surface area contributed by atoms with E-state index in [-0.39, 0.29) is 5.41 Å². The van der Waals surface area contributed by atoms with Crippen molar-refractivity contribution < 1.29 is 0 Å². The van der Waals surface area contributed by atoms with Crippen LogP contribution in [0.4, 0.5) is 17.1 Å². The molecule has 1 aromatic heterocycles. The first kappa shape index (κ1) is 31.1. The van der Waals surface area contributed by atoms with Gasteiger partial charge in [0.1, 0.15) is 0 Å². The van der Waals surface area contributed by atoms with E-state index in [1.54, 1.807) is 0 Å². The molecule has 252 valence electrons. The second-order valence-corrected chi connectivity index (χ2v) is 14.6. The molecule has 1 aliphatic rings. The normalized spacial score (nSPS) is 12.9. The third-order valence-corrected chi connectivity index (χ3v) is 11.1. The zero-order valence-electron chi connectivity index (χ0n) is 29.9. The number of para-hydroxylation sites is 2. The van der Waals surface area contributed by atoms with E-state index in [9.17, 15) is 0 Å². The van der Waals surface area contributed by atoms with Gasteiger partial charge in [-0.25, -0.2) is 0 Å². The maximum atomic E-state index is 2.51. The van der Waals surface area contributed by atoms with E-state index >= 15 is 0 Å². The van der Waals surface area contributed by atoms with Crippen molar-refractivity contribution in [2.75, 3.05) is 4.90 Å². The number of benzene rings is 8. The molecule has 8 aromatic carbocycles. The number of hydrogen-bond donors (Lipinski definition) is 0. The van der Waals surface area contributed by atoms with E-state index in [4.69, 9.17) is 0 Å². The summed E-state index contributed by atoms with van der Waals surface area (Å²) in [4.78, 5) is 2.51. The molecule has 2 heteroatoms. The lowest BCUT2D eigenvalue weighted by Gasteiger charge is -2.33. The Morgan fingerprint density at radius 3 is 1.72 bits per heavy atom. The maximum Gasteiger partial charge on any atom is 0.0542 e. The van der Waals surface area contributed by atoms with Crippen LogP contribution < -0.4 is 4.90 Å². The van der Waals surface area contributed by atoms with Crippen molar-refractivity contribution in [3.63, 3.8) is 0 Å². The Morgan fingerprint density at radius 1 is 0.415 bits per heavy atom. The van der Waals surface area contributed by atoms with Crippen molar-refractivity contribution in [3.8, 4) is 39.1 Å². The van der Waals surface area contributed by atoms with Gasteiger partial charge in [0.05, 0.1) is 16.7 Å². The lowest BCUT2D eigenvalue weighted by Crippen LogP contribution is -2.20. The van der Waals surface area contributed by atoms with Gasteiger partial charge in [-0.05, 0) is 105 Å². The molecule has 0 unspecified atom stereocenters. The highest BCUT2D eigenvalue weighted by Gasteiger charge is 2.38. The van der Waals surface area contributed by atoms with Crippen molar-refractivity contribution in [2.24, 2.45) is 0 Å². The van der Waals surface area contributed by atoms with Crippen LogP contribution >= 0.6 is 0 Å². The van der Waals surface area contributed by atoms with E-state index in [0.29, 0.717) is 0 Å². The minimum Gasteiger partial charge on any atom is -0.310 e. The van der Waals surface area contributed by atoms with Crippen molar-refractivity contribution >= 4 is 38.9 Å². The molecule has 0 atom stereocenters. The number of fused-ring (bicyclic) bond motifs is 6. The van der Waals surface area contributed by atoms with Gasteiger partial charge < -0.3 is 9.47 Å². The van der Waals surface area contributed by atoms with E-state index in [2.05, 4.69) is 217 Å². The number of anilines is 3. The molecule has 53 heavy (non-hydrogen) atoms. The van der Waals surface area contributed by atoms with Gasteiger partial charge in [0, 0.05) is 33.2 Å². The van der Waals surface area contributed by atoms with Gasteiger partial charge in [-0.3, -0.25) is 0 Å². The van der Waals surface area contributed by atoms with E-state index in [1.807, 2.05) is 0 Å². The van der Waals surface area contributed by atoms with Crippen molar-refractivity contribution in [2.45, 2.75) is 19.3 Å². The highest BCUT2D eigenvalue weighted by Crippen LogP contribution is 2.54. The van der Waals surface area contributed by atoms with Crippen LogP contribution in [-0.4, -0.2) is 4.57 Å². The largest absolute Gasteiger partial charge is 0.310 e. The highest BCUT2D eigenvalue weighted by molar-refractivity contribution is 6.11. The minimum absolute atomic E-state index is 0.201. The molecule has 0 saturated carbocycles. The second-order valence-electron chi connectivity index (χ2n) is 14.6. The summed E-state index contributed by atoms with van der Waals surface area (Å²) in [6.07, 6.45) is 0. The summed E-state index contributed by atoms with van der Waals surface area (Å²) >= 11 is 0. The number of rotatable bonds is 6. The standard InChI is InChI=1S/C51H38N2/c1-51(2)46-26-14-12-23-42(46)44-25-16-28-49(50(44)51)52(41-32-37(35-17-6-3-7-18-35)31-38(33-41)36-19-8-4-9-20-36)40-29-30-48-45(34-40)43-24-13-15-27-47(43)53(48)39-21-10-5-11-22-39/h3-34H,1-2H3. The monoisotopic (exact) mass is 678 g/mol. The fourth-order valence-corrected chi connectivity index (χ4v) is 8.72. The Balaban J connectivity index is 1.28. The quantitative estimate of drug-likeness (QED) is 0.170. The SMILES string of the molecule is CC1(C)c2ccccc2-c2cccc(N(c3cc(-c4ccccc4)cc(-c4ccccc4)c3)c3ccc4c(c3)c3ccccc3n4-c3ccccc3)c21. The Bertz CT molecular complexity index is 2740. The molecule has 2 nitrogen and oxygen atoms in total. The molecule has 0 fully saturated rings. The van der Waals surface area contributed by atoms with Crippen LogP contribution in [0.1, 0.15) is 25.0 Å². The Morgan fingerprint density at radius 2 is 1.00 bits per heavy atom. The van der Waals surface area contributed by atoms with Crippen molar-refractivity contribution in [1.82, 2.24) is 4.57 Å². The summed E-state index contributed by atoms with van der Waals surface area (Å²) < 4.78 is 2.39. The molecule has 0 aliphatic heterocycles. The van der Waals surface area contributed by atoms with Crippen molar-refractivity contribution in [1.29, 1.82) is 0 Å². The van der Waals surface area contributed by atoms with Gasteiger partial charge in [0.25, 0.3) is 0 Å². The van der Waals surface area contributed by atoms with Gasteiger partial charge in [-0.15, -0.1) is 0 Å². The fraction of sp³-hybridized carbons (Fsp3) is 0.0588. The maximum absolute atomic E-state index is 2.51. The van der Waals surface area contributed by atoms with Crippen LogP contribution in [0.2, 0.25) is 0 Å². The molecule has 1 aliphatic carbocycles. The summed E-state index contributed by atoms with van der Waals surface area (Å²) in [5.41, 5.74) is 16.9. The van der Waals surface area contributed by atoms with E-state index < -0.39 is 0 Å². The fourth-order valence-electron chi connectivity index (χ4n) is 8.72. The molecule has 0 saturated heterocycles. The van der Waals surface area contributed by atoms with Crippen LogP contribution in [0.15, 0.2) is 194 Å². The summed E-state index contributed by atoms with van der Waals surface area (Å²) in [7, 11) is 0. The molecule has 0 radical (unpaired) electrons. The lowest BCUT2D eigenvalue weighted by atomic mass is 9.81. The minimum atomic E-state index is -0.201. The topological polar surface area (TPSA) is 8.17 Å². The highest BCUT2D eigenvalue weighted by atomic mass is 15.1. The van der Waals surface area contributed by atoms with Gasteiger partial charge in [-0.2, -0.15) is 0 Å². The molecule has 9 aromatic rings. The molecule has 0 spiro atoms. The smallest absolute Gasteiger partial charge is 0.0542 e. The van der Waals surface area contributed by atoms with E-state index in [0.717, 1.165) is 17.1 Å². The molecule has 10 rings (SSSR count). The summed E-state index contributed by atoms with van der Waals surface area (Å²) in [6.45, 7) is 4.76. The molecule has 1 heterocycles. The zero-order valence-corrected chi connectivity index (χ0v) is 29.9. The molecular formula is C51H38N2. The van der Waals surface area contributed by atoms with Gasteiger partial charge >= 0.3 is 0 Å². The van der Waals surface area contributed by atoms with Crippen LogP contribution in [0, 0.1) is 0 Å². The third-order valence-electron chi connectivity index (χ3n) is 11.1. The van der Waals surface area contributed by atoms with Gasteiger partial charge in [0.15, 0.2) is 0 Å². The summed E-state index contributed by atoms with van der Waals surface area (Å²) in [6, 6.07) is 70.9. The molecular weight excluding hydrogens is 641 g/mol. The van der Waals surface area contributed by atoms with Crippen molar-refractivity contribution in [3.05, 3.63) is 205 Å². The number of hydrogen-bond acceptors (Lipinski definition) is 1. The Hall–Kier alpha value is -6.64. The predicted octanol–water partition coefficient (Wildman–Crippen LogP) is 13.9. The average Bonchev–Trinajstić information content (AvgIpc) is 3.67. The lowest BCUT2D eigenvalue weighted by molar-refractivity contribution is 0.661. The summed E-state index contributed by atoms with van der Waals surface area (Å²) in [5.74, 6) is 0. The number of nitrogens with zero attached hydrogens (tertiary/aromatic N) is 2.